The molecular formula is C19H25INO+. The number of nitrogens with zero attached hydrogens (tertiary/aromatic N) is 1. The van der Waals surface area contributed by atoms with Gasteiger partial charge in [0, 0.05) is 6.61 Å². The lowest BCUT2D eigenvalue weighted by molar-refractivity contribution is -0.597. The van der Waals surface area contributed by atoms with Gasteiger partial charge in [0.1, 0.15) is 0 Å². The van der Waals surface area contributed by atoms with E-state index >= 15 is 0 Å². The zero-order valence-corrected chi connectivity index (χ0v) is 15.6. The second-order valence-corrected chi connectivity index (χ2v) is 8.57. The molecule has 0 atom stereocenters. The van der Waals surface area contributed by atoms with E-state index in [1.807, 2.05) is 0 Å². The van der Waals surface area contributed by atoms with Crippen LogP contribution >= 0.6 is 0 Å². The summed E-state index contributed by atoms with van der Waals surface area (Å²) in [5.74, 6) is 0. The van der Waals surface area contributed by atoms with Crippen LogP contribution in [0.1, 0.15) is 12.0 Å². The predicted molar refractivity (Wildman–Crippen MR) is 88.0 cm³/mol. The van der Waals surface area contributed by atoms with Crippen LogP contribution in [0.2, 0.25) is 0 Å². The van der Waals surface area contributed by atoms with Crippen molar-refractivity contribution in [3.8, 4) is 0 Å². The number of benzene rings is 2. The number of ether oxygens (including phenoxy) is 1. The molecule has 0 amide bonds. The van der Waals surface area contributed by atoms with Gasteiger partial charge in [-0.15, -0.1) is 0 Å². The van der Waals surface area contributed by atoms with Gasteiger partial charge in [-0.25, -0.2) is 0 Å². The van der Waals surface area contributed by atoms with Gasteiger partial charge < -0.3 is 9.64 Å². The van der Waals surface area contributed by atoms with E-state index in [2.05, 4.69) is 73.6 Å². The number of hydrogen-bond donors (Lipinski definition) is 0. The van der Waals surface area contributed by atoms with Crippen LogP contribution in [-0.2, 0) is 11.2 Å². The average molecular weight is 410 g/mol. The quantitative estimate of drug-likeness (QED) is 0.437. The van der Waals surface area contributed by atoms with Crippen molar-refractivity contribution in [3.63, 3.8) is 0 Å². The molecule has 118 valence electrons. The Morgan fingerprint density at radius 1 is 0.864 bits per heavy atom. The molecule has 0 aliphatic carbocycles. The third-order valence-electron chi connectivity index (χ3n) is 3.29. The molecule has 0 aromatic heterocycles. The fourth-order valence-corrected chi connectivity index (χ4v) is 4.31. The highest BCUT2D eigenvalue weighted by atomic mass is 127. The summed E-state index contributed by atoms with van der Waals surface area (Å²) in [7, 11) is 4.19. The zero-order chi connectivity index (χ0) is 15.6. The van der Waals surface area contributed by atoms with Gasteiger partial charge in [-0.1, -0.05) is 30.3 Å². The minimum atomic E-state index is -0.0484. The highest BCUT2D eigenvalue weighted by molar-refractivity contribution is 5.14. The first-order valence-corrected chi connectivity index (χ1v) is 9.91. The molecule has 0 saturated heterocycles. The maximum Gasteiger partial charge on any atom is 0.357 e. The molecule has 0 heterocycles. The molecule has 2 nitrogen and oxygen atoms in total. The molecule has 2 rings (SSSR count). The molecule has 0 aliphatic rings. The second-order valence-electron chi connectivity index (χ2n) is 5.54. The van der Waals surface area contributed by atoms with E-state index in [-0.39, 0.29) is 21.2 Å². The molecule has 0 spiro atoms. The van der Waals surface area contributed by atoms with E-state index in [9.17, 15) is 0 Å². The van der Waals surface area contributed by atoms with E-state index < -0.39 is 0 Å². The molecule has 0 saturated carbocycles. The highest BCUT2D eigenvalue weighted by Crippen LogP contribution is 2.00. The minimum Gasteiger partial charge on any atom is -0.381 e. The topological polar surface area (TPSA) is 12.5 Å². The fraction of sp³-hybridized carbons (Fsp3) is 0.368. The van der Waals surface area contributed by atoms with Gasteiger partial charge in [-0.05, 0) is 63.3 Å². The van der Waals surface area contributed by atoms with Crippen molar-refractivity contribution in [1.29, 1.82) is 0 Å². The SMILES string of the molecule is CN(C)CCCOCCc1ccc([I+]c2ccccc2)cc1. The molecule has 22 heavy (non-hydrogen) atoms. The van der Waals surface area contributed by atoms with Crippen LogP contribution in [-0.4, -0.2) is 38.8 Å². The third-order valence-corrected chi connectivity index (χ3v) is 5.98. The van der Waals surface area contributed by atoms with Crippen LogP contribution in [0.15, 0.2) is 54.6 Å². The highest BCUT2D eigenvalue weighted by Gasteiger charge is 2.14. The van der Waals surface area contributed by atoms with Gasteiger partial charge in [0.15, 0.2) is 7.14 Å². The summed E-state index contributed by atoms with van der Waals surface area (Å²) in [6.07, 6.45) is 2.11. The lowest BCUT2D eigenvalue weighted by Crippen LogP contribution is -3.61. The van der Waals surface area contributed by atoms with Crippen molar-refractivity contribution in [2.75, 3.05) is 33.9 Å². The molecule has 2 aromatic rings. The molecule has 0 fully saturated rings. The minimum absolute atomic E-state index is 0.0484. The summed E-state index contributed by atoms with van der Waals surface area (Å²) in [6, 6.07) is 19.8. The Morgan fingerprint density at radius 2 is 1.55 bits per heavy atom. The Kier molecular flexibility index (Phi) is 7.91. The second kappa shape index (κ2) is 9.98. The van der Waals surface area contributed by atoms with Crippen LogP contribution < -0.4 is 21.2 Å². The predicted octanol–water partition coefficient (Wildman–Crippen LogP) is 0.326. The average Bonchev–Trinajstić information content (AvgIpc) is 2.53. The van der Waals surface area contributed by atoms with E-state index in [0.717, 1.165) is 32.6 Å². The van der Waals surface area contributed by atoms with Crippen molar-refractivity contribution in [1.82, 2.24) is 4.90 Å². The summed E-state index contributed by atoms with van der Waals surface area (Å²) >= 11 is -0.0484. The van der Waals surface area contributed by atoms with Crippen molar-refractivity contribution in [2.45, 2.75) is 12.8 Å². The molecular weight excluding hydrogens is 385 g/mol. The van der Waals surface area contributed by atoms with Gasteiger partial charge in [-0.3, -0.25) is 0 Å². The molecule has 0 N–H and O–H groups in total. The summed E-state index contributed by atoms with van der Waals surface area (Å²) in [4.78, 5) is 2.19. The van der Waals surface area contributed by atoms with Crippen molar-refractivity contribution in [3.05, 3.63) is 67.3 Å². The van der Waals surface area contributed by atoms with Gasteiger partial charge >= 0.3 is 21.2 Å². The molecule has 0 aliphatic heterocycles. The van der Waals surface area contributed by atoms with E-state index in [1.54, 1.807) is 0 Å². The van der Waals surface area contributed by atoms with Crippen molar-refractivity contribution < 1.29 is 25.9 Å². The molecule has 0 radical (unpaired) electrons. The Labute approximate surface area is 144 Å². The van der Waals surface area contributed by atoms with Crippen molar-refractivity contribution in [2.24, 2.45) is 0 Å². The smallest absolute Gasteiger partial charge is 0.357 e. The van der Waals surface area contributed by atoms with Crippen LogP contribution in [0.3, 0.4) is 0 Å². The van der Waals surface area contributed by atoms with E-state index in [1.165, 1.54) is 12.7 Å². The Hall–Kier alpha value is -0.910. The van der Waals surface area contributed by atoms with Gasteiger partial charge in [0.2, 0.25) is 0 Å². The number of rotatable bonds is 9. The monoisotopic (exact) mass is 410 g/mol. The lowest BCUT2D eigenvalue weighted by Gasteiger charge is -2.09. The largest absolute Gasteiger partial charge is 0.381 e. The molecule has 0 unspecified atom stereocenters. The molecule has 0 bridgehead atoms. The Morgan fingerprint density at radius 3 is 2.23 bits per heavy atom. The summed E-state index contributed by atoms with van der Waals surface area (Å²) in [6.45, 7) is 2.77. The summed E-state index contributed by atoms with van der Waals surface area (Å²) in [5.41, 5.74) is 1.37. The first kappa shape index (κ1) is 17.4. The summed E-state index contributed by atoms with van der Waals surface area (Å²) < 4.78 is 8.64. The van der Waals surface area contributed by atoms with E-state index in [4.69, 9.17) is 4.74 Å². The maximum absolute atomic E-state index is 5.69. The van der Waals surface area contributed by atoms with Gasteiger partial charge in [0.25, 0.3) is 0 Å². The van der Waals surface area contributed by atoms with Crippen molar-refractivity contribution >= 4 is 0 Å². The lowest BCUT2D eigenvalue weighted by atomic mass is 10.2. The first-order valence-electron chi connectivity index (χ1n) is 7.75. The van der Waals surface area contributed by atoms with Gasteiger partial charge in [0.05, 0.1) is 6.61 Å². The normalized spacial score (nSPS) is 11.0. The Balaban J connectivity index is 1.68. The summed E-state index contributed by atoms with van der Waals surface area (Å²) in [5, 5.41) is 0. The molecule has 2 aromatic carbocycles. The first-order chi connectivity index (χ1) is 10.7. The Bertz CT molecular complexity index is 525. The third kappa shape index (κ3) is 6.90. The van der Waals surface area contributed by atoms with Crippen LogP contribution in [0.5, 0.6) is 0 Å². The van der Waals surface area contributed by atoms with Crippen LogP contribution in [0.4, 0.5) is 0 Å². The fourth-order valence-electron chi connectivity index (χ4n) is 2.09. The van der Waals surface area contributed by atoms with E-state index in [0.29, 0.717) is 0 Å². The maximum atomic E-state index is 5.69. The van der Waals surface area contributed by atoms with Crippen LogP contribution in [0.25, 0.3) is 0 Å². The standard InChI is InChI=1S/C19H25INO/c1-21(2)14-6-15-22-16-13-17-9-11-19(12-10-17)20-18-7-4-3-5-8-18/h3-5,7-12H,6,13-16H2,1-2H3/q+1. The van der Waals surface area contributed by atoms with Gasteiger partial charge in [-0.2, -0.15) is 0 Å². The molecule has 3 heteroatoms. The number of hydrogen-bond acceptors (Lipinski definition) is 2. The van der Waals surface area contributed by atoms with Crippen LogP contribution in [0, 0.1) is 7.14 Å². The zero-order valence-electron chi connectivity index (χ0n) is 13.5. The number of halogens is 1.